The lowest BCUT2D eigenvalue weighted by molar-refractivity contribution is 0.399. The minimum absolute atomic E-state index is 0.545. The van der Waals surface area contributed by atoms with E-state index in [1.54, 1.807) is 18.0 Å². The molecule has 0 bridgehead atoms. The summed E-state index contributed by atoms with van der Waals surface area (Å²) in [6.45, 7) is 2.40. The fraction of sp³-hybridized carbons (Fsp3) is 0.200. The van der Waals surface area contributed by atoms with E-state index in [0.717, 1.165) is 22.5 Å². The molecule has 0 N–H and O–H groups in total. The molecule has 2 heterocycles. The summed E-state index contributed by atoms with van der Waals surface area (Å²) in [6, 6.07) is 9.59. The molecule has 112 valence electrons. The Kier molecular flexibility index (Phi) is 4.02. The molecule has 22 heavy (non-hydrogen) atoms. The van der Waals surface area contributed by atoms with Crippen molar-refractivity contribution in [2.24, 2.45) is 0 Å². The molecule has 2 aromatic heterocycles. The van der Waals surface area contributed by atoms with Gasteiger partial charge in [0.05, 0.1) is 13.7 Å². The first-order chi connectivity index (χ1) is 10.7. The lowest BCUT2D eigenvalue weighted by atomic mass is 10.1. The van der Waals surface area contributed by atoms with E-state index in [4.69, 9.17) is 16.3 Å². The van der Waals surface area contributed by atoms with Crippen LogP contribution < -0.4 is 4.74 Å². The molecule has 0 amide bonds. The summed E-state index contributed by atoms with van der Waals surface area (Å²) >= 11 is 6.07. The van der Waals surface area contributed by atoms with Crippen LogP contribution in [-0.4, -0.2) is 32.3 Å². The molecular formula is C15H14ClN5O. The number of hydrogen-bond donors (Lipinski definition) is 0. The fourth-order valence-corrected chi connectivity index (χ4v) is 2.37. The van der Waals surface area contributed by atoms with Crippen LogP contribution in [0, 0.1) is 6.92 Å². The normalized spacial score (nSPS) is 10.7. The van der Waals surface area contributed by atoms with Gasteiger partial charge in [0, 0.05) is 16.8 Å². The molecule has 3 rings (SSSR count). The topological polar surface area (TPSA) is 65.7 Å². The van der Waals surface area contributed by atoms with Crippen LogP contribution in [0.15, 0.2) is 36.5 Å². The SMILES string of the molecule is COc1ncc(Cn2nnnc2C)cc1-c1cccc(Cl)c1. The lowest BCUT2D eigenvalue weighted by Gasteiger charge is -2.10. The average Bonchev–Trinajstić information content (AvgIpc) is 2.92. The van der Waals surface area contributed by atoms with Gasteiger partial charge in [0.25, 0.3) is 0 Å². The summed E-state index contributed by atoms with van der Waals surface area (Å²) < 4.78 is 7.07. The number of pyridine rings is 1. The van der Waals surface area contributed by atoms with Crippen molar-refractivity contribution in [3.8, 4) is 17.0 Å². The smallest absolute Gasteiger partial charge is 0.221 e. The summed E-state index contributed by atoms with van der Waals surface area (Å²) in [4.78, 5) is 4.37. The van der Waals surface area contributed by atoms with Gasteiger partial charge < -0.3 is 4.74 Å². The van der Waals surface area contributed by atoms with Crippen LogP contribution in [0.1, 0.15) is 11.4 Å². The summed E-state index contributed by atoms with van der Waals surface area (Å²) in [6.07, 6.45) is 1.76. The Hall–Kier alpha value is -2.47. The van der Waals surface area contributed by atoms with Crippen LogP contribution in [-0.2, 0) is 6.54 Å². The van der Waals surface area contributed by atoms with Crippen molar-refractivity contribution in [2.75, 3.05) is 7.11 Å². The van der Waals surface area contributed by atoms with Gasteiger partial charge in [-0.1, -0.05) is 23.7 Å². The third-order valence-corrected chi connectivity index (χ3v) is 3.52. The number of aryl methyl sites for hydroxylation is 1. The number of aromatic nitrogens is 5. The molecule has 0 aliphatic rings. The molecule has 0 aliphatic carbocycles. The number of rotatable bonds is 4. The van der Waals surface area contributed by atoms with Crippen LogP contribution >= 0.6 is 11.6 Å². The molecule has 1 aromatic carbocycles. The summed E-state index contributed by atoms with van der Waals surface area (Å²) in [5.41, 5.74) is 2.81. The molecule has 6 nitrogen and oxygen atoms in total. The molecular weight excluding hydrogens is 302 g/mol. The van der Waals surface area contributed by atoms with E-state index in [9.17, 15) is 0 Å². The zero-order chi connectivity index (χ0) is 15.5. The molecule has 7 heteroatoms. The third kappa shape index (κ3) is 2.92. The van der Waals surface area contributed by atoms with Gasteiger partial charge in [0.1, 0.15) is 5.82 Å². The second kappa shape index (κ2) is 6.11. The van der Waals surface area contributed by atoms with Crippen molar-refractivity contribution in [3.63, 3.8) is 0 Å². The maximum absolute atomic E-state index is 6.07. The van der Waals surface area contributed by atoms with Gasteiger partial charge in [-0.15, -0.1) is 5.10 Å². The van der Waals surface area contributed by atoms with E-state index in [0.29, 0.717) is 17.4 Å². The highest BCUT2D eigenvalue weighted by Gasteiger charge is 2.10. The number of ether oxygens (including phenoxy) is 1. The largest absolute Gasteiger partial charge is 0.481 e. The second-order valence-corrected chi connectivity index (χ2v) is 5.23. The van der Waals surface area contributed by atoms with Crippen molar-refractivity contribution >= 4 is 11.6 Å². The van der Waals surface area contributed by atoms with E-state index in [2.05, 4.69) is 20.5 Å². The molecule has 0 unspecified atom stereocenters. The lowest BCUT2D eigenvalue weighted by Crippen LogP contribution is -2.05. The number of tetrazole rings is 1. The first-order valence-electron chi connectivity index (χ1n) is 6.69. The summed E-state index contributed by atoms with van der Waals surface area (Å²) in [7, 11) is 1.60. The van der Waals surface area contributed by atoms with Gasteiger partial charge in [-0.2, -0.15) is 0 Å². The van der Waals surface area contributed by atoms with Crippen molar-refractivity contribution in [1.29, 1.82) is 0 Å². The third-order valence-electron chi connectivity index (χ3n) is 3.28. The Morgan fingerprint density at radius 3 is 2.82 bits per heavy atom. The van der Waals surface area contributed by atoms with Crippen LogP contribution in [0.4, 0.5) is 0 Å². The summed E-state index contributed by atoms with van der Waals surface area (Å²) in [5, 5.41) is 12.1. The molecule has 0 fully saturated rings. The van der Waals surface area contributed by atoms with Crippen molar-refractivity contribution in [1.82, 2.24) is 25.2 Å². The van der Waals surface area contributed by atoms with Gasteiger partial charge >= 0.3 is 0 Å². The number of nitrogens with zero attached hydrogens (tertiary/aromatic N) is 5. The first-order valence-corrected chi connectivity index (χ1v) is 7.07. The van der Waals surface area contributed by atoms with Crippen LogP contribution in [0.3, 0.4) is 0 Å². The Bertz CT molecular complexity index is 802. The predicted octanol–water partition coefficient (Wildman–Crippen LogP) is 2.75. The Morgan fingerprint density at radius 1 is 1.27 bits per heavy atom. The van der Waals surface area contributed by atoms with E-state index in [1.807, 2.05) is 37.3 Å². The van der Waals surface area contributed by atoms with Gasteiger partial charge in [-0.25, -0.2) is 9.67 Å². The second-order valence-electron chi connectivity index (χ2n) is 4.79. The first kappa shape index (κ1) is 14.5. The van der Waals surface area contributed by atoms with Gasteiger partial charge in [-0.05, 0) is 46.7 Å². The molecule has 0 spiro atoms. The molecule has 0 saturated heterocycles. The highest BCUT2D eigenvalue weighted by atomic mass is 35.5. The molecule has 0 aliphatic heterocycles. The van der Waals surface area contributed by atoms with Crippen molar-refractivity contribution in [3.05, 3.63) is 52.9 Å². The quantitative estimate of drug-likeness (QED) is 0.740. The maximum Gasteiger partial charge on any atom is 0.221 e. The Morgan fingerprint density at radius 2 is 2.14 bits per heavy atom. The minimum atomic E-state index is 0.545. The number of hydrogen-bond acceptors (Lipinski definition) is 5. The molecule has 0 saturated carbocycles. The van der Waals surface area contributed by atoms with E-state index < -0.39 is 0 Å². The Labute approximate surface area is 132 Å². The fourth-order valence-electron chi connectivity index (χ4n) is 2.18. The van der Waals surface area contributed by atoms with Crippen LogP contribution in [0.5, 0.6) is 5.88 Å². The van der Waals surface area contributed by atoms with Gasteiger partial charge in [0.15, 0.2) is 0 Å². The number of methoxy groups -OCH3 is 1. The standard InChI is InChI=1S/C15H14ClN5O/c1-10-18-19-20-21(10)9-11-6-14(15(22-2)17-8-11)12-4-3-5-13(16)7-12/h3-8H,9H2,1-2H3. The highest BCUT2D eigenvalue weighted by Crippen LogP contribution is 2.30. The van der Waals surface area contributed by atoms with Gasteiger partial charge in [0.2, 0.25) is 5.88 Å². The molecule has 0 radical (unpaired) electrons. The number of halogens is 1. The van der Waals surface area contributed by atoms with Gasteiger partial charge in [-0.3, -0.25) is 0 Å². The number of benzene rings is 1. The minimum Gasteiger partial charge on any atom is -0.481 e. The van der Waals surface area contributed by atoms with E-state index in [-0.39, 0.29) is 0 Å². The van der Waals surface area contributed by atoms with Crippen LogP contribution in [0.2, 0.25) is 5.02 Å². The maximum atomic E-state index is 6.07. The predicted molar refractivity (Wildman–Crippen MR) is 82.9 cm³/mol. The van der Waals surface area contributed by atoms with Crippen molar-refractivity contribution in [2.45, 2.75) is 13.5 Å². The average molecular weight is 316 g/mol. The zero-order valence-corrected chi connectivity index (χ0v) is 12.9. The van der Waals surface area contributed by atoms with Crippen molar-refractivity contribution < 1.29 is 4.74 Å². The molecule has 3 aromatic rings. The van der Waals surface area contributed by atoms with Crippen LogP contribution in [0.25, 0.3) is 11.1 Å². The van der Waals surface area contributed by atoms with E-state index in [1.165, 1.54) is 0 Å². The Balaban J connectivity index is 2.01. The van der Waals surface area contributed by atoms with E-state index >= 15 is 0 Å². The summed E-state index contributed by atoms with van der Waals surface area (Å²) in [5.74, 6) is 1.31. The zero-order valence-electron chi connectivity index (χ0n) is 12.2. The highest BCUT2D eigenvalue weighted by molar-refractivity contribution is 6.30. The monoisotopic (exact) mass is 315 g/mol. The molecule has 0 atom stereocenters.